The van der Waals surface area contributed by atoms with Crippen LogP contribution >= 0.6 is 11.6 Å². The Labute approximate surface area is 197 Å². The molecule has 8 nitrogen and oxygen atoms in total. The Morgan fingerprint density at radius 1 is 1.06 bits per heavy atom. The average molecular weight is 493 g/mol. The van der Waals surface area contributed by atoms with E-state index in [2.05, 4.69) is 0 Å². The van der Waals surface area contributed by atoms with Crippen LogP contribution in [0.25, 0.3) is 11.1 Å². The highest BCUT2D eigenvalue weighted by Crippen LogP contribution is 2.25. The lowest BCUT2D eigenvalue weighted by Gasteiger charge is -2.20. The molecule has 1 aliphatic rings. The molecule has 1 heterocycles. The predicted molar refractivity (Wildman–Crippen MR) is 124 cm³/mol. The zero-order valence-electron chi connectivity index (χ0n) is 18.1. The van der Waals surface area contributed by atoms with Gasteiger partial charge in [-0.1, -0.05) is 49.2 Å². The summed E-state index contributed by atoms with van der Waals surface area (Å²) in [7, 11) is -3.98. The molecule has 0 radical (unpaired) electrons. The topological polar surface area (TPSA) is 112 Å². The van der Waals surface area contributed by atoms with Gasteiger partial charge in [0.1, 0.15) is 6.54 Å². The van der Waals surface area contributed by atoms with E-state index >= 15 is 0 Å². The van der Waals surface area contributed by atoms with E-state index in [0.717, 1.165) is 28.9 Å². The summed E-state index contributed by atoms with van der Waals surface area (Å²) in [6, 6.07) is 12.6. The minimum Gasteiger partial charge on any atom is -0.481 e. The second-order valence-electron chi connectivity index (χ2n) is 7.91. The molecule has 3 amide bonds. The van der Waals surface area contributed by atoms with Crippen LogP contribution < -0.4 is 0 Å². The van der Waals surface area contributed by atoms with Crippen LogP contribution in [0.3, 0.4) is 0 Å². The van der Waals surface area contributed by atoms with Crippen molar-refractivity contribution < 1.29 is 27.9 Å². The first-order valence-electron chi connectivity index (χ1n) is 10.5. The van der Waals surface area contributed by atoms with Gasteiger partial charge in [0.2, 0.25) is 5.91 Å². The van der Waals surface area contributed by atoms with Crippen molar-refractivity contribution >= 4 is 39.3 Å². The molecule has 0 saturated carbocycles. The average Bonchev–Trinajstić information content (AvgIpc) is 3.05. The third kappa shape index (κ3) is 5.91. The number of carbonyl (C=O) groups is 3. The number of hydrogen-bond donors (Lipinski definition) is 1. The normalized spacial score (nSPS) is 15.2. The third-order valence-corrected chi connectivity index (χ3v) is 7.56. The maximum atomic E-state index is 12.9. The number of halogens is 1. The fourth-order valence-electron chi connectivity index (χ4n) is 3.58. The molecular formula is C23H25ClN2O6S. The van der Waals surface area contributed by atoms with Gasteiger partial charge in [0.15, 0.2) is 9.84 Å². The molecule has 2 aromatic carbocycles. The number of sulfone groups is 1. The van der Waals surface area contributed by atoms with Crippen LogP contribution in [0.15, 0.2) is 53.4 Å². The summed E-state index contributed by atoms with van der Waals surface area (Å²) in [5.74, 6) is -4.07. The number of amides is 3. The summed E-state index contributed by atoms with van der Waals surface area (Å²) >= 11 is 5.89. The fourth-order valence-corrected chi connectivity index (χ4v) is 5.22. The number of carboxylic acid groups (broad SMARTS) is 1. The first kappa shape index (κ1) is 24.7. The third-order valence-electron chi connectivity index (χ3n) is 5.47. The molecule has 1 unspecified atom stereocenters. The summed E-state index contributed by atoms with van der Waals surface area (Å²) in [6.07, 6.45) is 1.56. The van der Waals surface area contributed by atoms with Gasteiger partial charge in [-0.15, -0.1) is 0 Å². The highest BCUT2D eigenvalue weighted by atomic mass is 35.5. The van der Waals surface area contributed by atoms with Gasteiger partial charge in [0.05, 0.1) is 16.6 Å². The SMILES string of the molecule is CCCCN1CC(=O)N(CC(CS(=O)(=O)c2ccc(-c3ccc(Cl)cc3)cc2)C(=O)O)C1=O. The molecule has 1 aliphatic heterocycles. The number of unbranched alkanes of at least 4 members (excludes halogenated alkanes) is 1. The molecule has 0 bridgehead atoms. The van der Waals surface area contributed by atoms with Gasteiger partial charge < -0.3 is 10.0 Å². The van der Waals surface area contributed by atoms with Crippen LogP contribution in [-0.2, 0) is 19.4 Å². The van der Waals surface area contributed by atoms with Gasteiger partial charge >= 0.3 is 12.0 Å². The number of nitrogens with zero attached hydrogens (tertiary/aromatic N) is 2. The number of carboxylic acids is 1. The maximum absolute atomic E-state index is 12.9. The minimum absolute atomic E-state index is 0.0323. The van der Waals surface area contributed by atoms with Crippen LogP contribution in [0, 0.1) is 5.92 Å². The molecule has 1 atom stereocenters. The number of urea groups is 1. The Morgan fingerprint density at radius 3 is 2.18 bits per heavy atom. The van der Waals surface area contributed by atoms with Gasteiger partial charge in [-0.05, 0) is 41.8 Å². The van der Waals surface area contributed by atoms with Crippen LogP contribution in [0.1, 0.15) is 19.8 Å². The number of carbonyl (C=O) groups excluding carboxylic acids is 2. The predicted octanol–water partition coefficient (Wildman–Crippen LogP) is 3.55. The smallest absolute Gasteiger partial charge is 0.327 e. The molecule has 2 aromatic rings. The first-order chi connectivity index (χ1) is 15.6. The Balaban J connectivity index is 1.73. The lowest BCUT2D eigenvalue weighted by molar-refractivity contribution is -0.141. The van der Waals surface area contributed by atoms with E-state index in [4.69, 9.17) is 11.6 Å². The summed E-state index contributed by atoms with van der Waals surface area (Å²) in [4.78, 5) is 38.7. The van der Waals surface area contributed by atoms with Crippen molar-refractivity contribution in [1.82, 2.24) is 9.80 Å². The molecule has 1 saturated heterocycles. The lowest BCUT2D eigenvalue weighted by atomic mass is 10.1. The Bertz CT molecular complexity index is 1130. The number of aliphatic carboxylic acids is 1. The van der Waals surface area contributed by atoms with Gasteiger partial charge in [0.25, 0.3) is 0 Å². The maximum Gasteiger partial charge on any atom is 0.327 e. The van der Waals surface area contributed by atoms with E-state index in [-0.39, 0.29) is 11.4 Å². The van der Waals surface area contributed by atoms with Crippen molar-refractivity contribution in [1.29, 1.82) is 0 Å². The molecule has 176 valence electrons. The molecule has 0 aliphatic carbocycles. The quantitative estimate of drug-likeness (QED) is 0.507. The van der Waals surface area contributed by atoms with Crippen LogP contribution in [0.5, 0.6) is 0 Å². The molecular weight excluding hydrogens is 468 g/mol. The summed E-state index contributed by atoms with van der Waals surface area (Å²) in [5, 5.41) is 10.2. The monoisotopic (exact) mass is 492 g/mol. The molecule has 0 spiro atoms. The van der Waals surface area contributed by atoms with Crippen molar-refractivity contribution in [2.45, 2.75) is 24.7 Å². The van der Waals surface area contributed by atoms with Crippen LogP contribution in [0.2, 0.25) is 5.02 Å². The van der Waals surface area contributed by atoms with E-state index in [1.165, 1.54) is 17.0 Å². The fraction of sp³-hybridized carbons (Fsp3) is 0.348. The Kier molecular flexibility index (Phi) is 7.76. The molecule has 3 rings (SSSR count). The molecule has 0 aromatic heterocycles. The van der Waals surface area contributed by atoms with Gasteiger partial charge in [-0.3, -0.25) is 14.5 Å². The number of rotatable bonds is 10. The van der Waals surface area contributed by atoms with Crippen molar-refractivity contribution in [2.75, 3.05) is 25.4 Å². The second kappa shape index (κ2) is 10.4. The largest absolute Gasteiger partial charge is 0.481 e. The zero-order chi connectivity index (χ0) is 24.2. The van der Waals surface area contributed by atoms with E-state index in [0.29, 0.717) is 11.6 Å². The summed E-state index contributed by atoms with van der Waals surface area (Å²) in [5.41, 5.74) is 1.63. The van der Waals surface area contributed by atoms with Crippen molar-refractivity contribution in [3.8, 4) is 11.1 Å². The number of imide groups is 1. The van der Waals surface area contributed by atoms with Gasteiger partial charge in [0, 0.05) is 18.1 Å². The highest BCUT2D eigenvalue weighted by molar-refractivity contribution is 7.91. The standard InChI is InChI=1S/C23H25ClN2O6S/c1-2-3-12-25-14-21(27)26(23(25)30)13-18(22(28)29)15-33(31,32)20-10-6-17(7-11-20)16-4-8-19(24)9-5-16/h4-11,18H,2-3,12-15H2,1H3,(H,28,29). The van der Waals surface area contributed by atoms with Crippen molar-refractivity contribution in [2.24, 2.45) is 5.92 Å². The summed E-state index contributed by atoms with van der Waals surface area (Å²) in [6.45, 7) is 1.74. The van der Waals surface area contributed by atoms with Gasteiger partial charge in [-0.2, -0.15) is 0 Å². The van der Waals surface area contributed by atoms with E-state index in [9.17, 15) is 27.9 Å². The summed E-state index contributed by atoms with van der Waals surface area (Å²) < 4.78 is 25.8. The van der Waals surface area contributed by atoms with E-state index < -0.39 is 46.0 Å². The van der Waals surface area contributed by atoms with E-state index in [1.54, 1.807) is 36.4 Å². The van der Waals surface area contributed by atoms with Crippen LogP contribution in [0.4, 0.5) is 4.79 Å². The zero-order valence-corrected chi connectivity index (χ0v) is 19.7. The molecule has 1 N–H and O–H groups in total. The first-order valence-corrected chi connectivity index (χ1v) is 12.6. The highest BCUT2D eigenvalue weighted by Gasteiger charge is 2.39. The van der Waals surface area contributed by atoms with Crippen molar-refractivity contribution in [3.63, 3.8) is 0 Å². The molecule has 33 heavy (non-hydrogen) atoms. The Hall–Kier alpha value is -2.91. The molecule has 10 heteroatoms. The minimum atomic E-state index is -3.98. The van der Waals surface area contributed by atoms with Crippen LogP contribution in [-0.4, -0.2) is 66.6 Å². The second-order valence-corrected chi connectivity index (χ2v) is 10.4. The lowest BCUT2D eigenvalue weighted by Crippen LogP contribution is -2.41. The van der Waals surface area contributed by atoms with Crippen molar-refractivity contribution in [3.05, 3.63) is 53.6 Å². The van der Waals surface area contributed by atoms with E-state index in [1.807, 2.05) is 6.92 Å². The Morgan fingerprint density at radius 2 is 1.64 bits per heavy atom. The molecule has 1 fully saturated rings. The number of benzene rings is 2. The number of hydrogen-bond acceptors (Lipinski definition) is 5. The van der Waals surface area contributed by atoms with Gasteiger partial charge in [-0.25, -0.2) is 13.2 Å².